The second-order valence-electron chi connectivity index (χ2n) is 4.41. The van der Waals surface area contributed by atoms with Gasteiger partial charge in [-0.2, -0.15) is 0 Å². The molecule has 1 atom stereocenters. The lowest BCUT2D eigenvalue weighted by atomic mass is 9.97. The number of hydrogen-bond donors (Lipinski definition) is 1. The molecule has 1 unspecified atom stereocenters. The smallest absolute Gasteiger partial charge is 0.308 e. The summed E-state index contributed by atoms with van der Waals surface area (Å²) >= 11 is 0. The van der Waals surface area contributed by atoms with Crippen LogP contribution in [0, 0.1) is 11.7 Å². The second kappa shape index (κ2) is 5.16. The predicted molar refractivity (Wildman–Crippen MR) is 62.7 cm³/mol. The first-order valence-electron chi connectivity index (χ1n) is 5.86. The van der Waals surface area contributed by atoms with Crippen LogP contribution in [0.25, 0.3) is 0 Å². The van der Waals surface area contributed by atoms with Crippen molar-refractivity contribution >= 4 is 11.9 Å². The van der Waals surface area contributed by atoms with E-state index in [2.05, 4.69) is 0 Å². The van der Waals surface area contributed by atoms with E-state index < -0.39 is 23.6 Å². The maximum atomic E-state index is 13.5. The quantitative estimate of drug-likeness (QED) is 0.871. The SMILES string of the molecule is O=C(O)C1CCCN(C(=O)c2ccccc2F)C1. The number of halogens is 1. The molecule has 5 heteroatoms. The van der Waals surface area contributed by atoms with Gasteiger partial charge in [0.2, 0.25) is 0 Å². The first-order valence-corrected chi connectivity index (χ1v) is 5.86. The minimum Gasteiger partial charge on any atom is -0.481 e. The Morgan fingerprint density at radius 2 is 2.06 bits per heavy atom. The average molecular weight is 251 g/mol. The van der Waals surface area contributed by atoms with E-state index in [-0.39, 0.29) is 12.1 Å². The summed E-state index contributed by atoms with van der Waals surface area (Å²) in [4.78, 5) is 24.4. The van der Waals surface area contributed by atoms with Gasteiger partial charge >= 0.3 is 5.97 Å². The largest absolute Gasteiger partial charge is 0.481 e. The van der Waals surface area contributed by atoms with Crippen molar-refractivity contribution in [2.45, 2.75) is 12.8 Å². The van der Waals surface area contributed by atoms with Gasteiger partial charge < -0.3 is 10.0 Å². The van der Waals surface area contributed by atoms with Crippen LogP contribution in [0.3, 0.4) is 0 Å². The summed E-state index contributed by atoms with van der Waals surface area (Å²) < 4.78 is 13.5. The Morgan fingerprint density at radius 3 is 2.72 bits per heavy atom. The molecule has 0 spiro atoms. The van der Waals surface area contributed by atoms with E-state index in [1.165, 1.54) is 23.1 Å². The molecule has 96 valence electrons. The number of piperidine rings is 1. The van der Waals surface area contributed by atoms with Crippen LogP contribution < -0.4 is 0 Å². The molecule has 18 heavy (non-hydrogen) atoms. The number of carboxylic acid groups (broad SMARTS) is 1. The van der Waals surface area contributed by atoms with Crippen molar-refractivity contribution in [1.82, 2.24) is 4.90 Å². The Hall–Kier alpha value is -1.91. The minimum absolute atomic E-state index is 0.00328. The molecule has 0 bridgehead atoms. The van der Waals surface area contributed by atoms with E-state index in [0.29, 0.717) is 19.4 Å². The van der Waals surface area contributed by atoms with E-state index in [9.17, 15) is 14.0 Å². The molecular weight excluding hydrogens is 237 g/mol. The number of rotatable bonds is 2. The van der Waals surface area contributed by atoms with Gasteiger partial charge in [0.05, 0.1) is 11.5 Å². The van der Waals surface area contributed by atoms with Crippen molar-refractivity contribution < 1.29 is 19.1 Å². The number of carboxylic acids is 1. The van der Waals surface area contributed by atoms with Crippen LogP contribution in [0.1, 0.15) is 23.2 Å². The zero-order chi connectivity index (χ0) is 13.1. The number of carbonyl (C=O) groups excluding carboxylic acids is 1. The third-order valence-corrected chi connectivity index (χ3v) is 3.16. The maximum absolute atomic E-state index is 13.5. The number of amides is 1. The Labute approximate surface area is 104 Å². The van der Waals surface area contributed by atoms with Crippen molar-refractivity contribution in [2.24, 2.45) is 5.92 Å². The van der Waals surface area contributed by atoms with Crippen LogP contribution in [0.5, 0.6) is 0 Å². The number of likely N-dealkylation sites (tertiary alicyclic amines) is 1. The van der Waals surface area contributed by atoms with Gasteiger partial charge in [0, 0.05) is 13.1 Å². The van der Waals surface area contributed by atoms with Crippen molar-refractivity contribution in [3.63, 3.8) is 0 Å². The highest BCUT2D eigenvalue weighted by Crippen LogP contribution is 2.19. The monoisotopic (exact) mass is 251 g/mol. The molecule has 1 aromatic carbocycles. The number of benzene rings is 1. The van der Waals surface area contributed by atoms with E-state index in [1.54, 1.807) is 6.07 Å². The molecule has 0 aromatic heterocycles. The van der Waals surface area contributed by atoms with E-state index >= 15 is 0 Å². The average Bonchev–Trinajstić information content (AvgIpc) is 2.38. The summed E-state index contributed by atoms with van der Waals surface area (Å²) in [5, 5.41) is 8.95. The normalized spacial score (nSPS) is 19.6. The van der Waals surface area contributed by atoms with Gasteiger partial charge in [0.1, 0.15) is 5.82 Å². The third kappa shape index (κ3) is 2.50. The third-order valence-electron chi connectivity index (χ3n) is 3.16. The van der Waals surface area contributed by atoms with Crippen molar-refractivity contribution in [3.8, 4) is 0 Å². The molecule has 1 aliphatic rings. The molecule has 1 aromatic rings. The van der Waals surface area contributed by atoms with Gasteiger partial charge in [-0.1, -0.05) is 12.1 Å². The molecule has 4 nitrogen and oxygen atoms in total. The molecule has 2 rings (SSSR count). The Bertz CT molecular complexity index is 475. The van der Waals surface area contributed by atoms with Crippen molar-refractivity contribution in [2.75, 3.05) is 13.1 Å². The molecule has 0 saturated carbocycles. The van der Waals surface area contributed by atoms with E-state index in [1.807, 2.05) is 0 Å². The number of carbonyl (C=O) groups is 2. The van der Waals surface area contributed by atoms with E-state index in [0.717, 1.165) is 0 Å². The molecule has 1 amide bonds. The van der Waals surface area contributed by atoms with Crippen LogP contribution in [0.15, 0.2) is 24.3 Å². The molecule has 1 fully saturated rings. The zero-order valence-corrected chi connectivity index (χ0v) is 9.80. The molecule has 1 aliphatic heterocycles. The van der Waals surface area contributed by atoms with Crippen LogP contribution >= 0.6 is 0 Å². The highest BCUT2D eigenvalue weighted by Gasteiger charge is 2.29. The number of nitrogens with zero attached hydrogens (tertiary/aromatic N) is 1. The van der Waals surface area contributed by atoms with Gasteiger partial charge in [0.15, 0.2) is 0 Å². The highest BCUT2D eigenvalue weighted by molar-refractivity contribution is 5.94. The van der Waals surface area contributed by atoms with Crippen molar-refractivity contribution in [1.29, 1.82) is 0 Å². The minimum atomic E-state index is -0.902. The lowest BCUT2D eigenvalue weighted by Crippen LogP contribution is -2.42. The summed E-state index contributed by atoms with van der Waals surface area (Å²) in [5.74, 6) is -2.45. The second-order valence-corrected chi connectivity index (χ2v) is 4.41. The lowest BCUT2D eigenvalue weighted by molar-refractivity contribution is -0.143. The van der Waals surface area contributed by atoms with E-state index in [4.69, 9.17) is 5.11 Å². The summed E-state index contributed by atoms with van der Waals surface area (Å²) in [6.07, 6.45) is 1.20. The van der Waals surface area contributed by atoms with Gasteiger partial charge in [-0.05, 0) is 25.0 Å². The Balaban J connectivity index is 2.14. The molecular formula is C13H14FNO3. The first-order chi connectivity index (χ1) is 8.59. The topological polar surface area (TPSA) is 57.6 Å². The Morgan fingerprint density at radius 1 is 1.33 bits per heavy atom. The first kappa shape index (κ1) is 12.5. The zero-order valence-electron chi connectivity index (χ0n) is 9.80. The fourth-order valence-corrected chi connectivity index (χ4v) is 2.17. The number of hydrogen-bond acceptors (Lipinski definition) is 2. The highest BCUT2D eigenvalue weighted by atomic mass is 19.1. The maximum Gasteiger partial charge on any atom is 0.308 e. The molecule has 1 saturated heterocycles. The lowest BCUT2D eigenvalue weighted by Gasteiger charge is -2.30. The van der Waals surface area contributed by atoms with Crippen LogP contribution in [-0.4, -0.2) is 35.0 Å². The van der Waals surface area contributed by atoms with Crippen LogP contribution in [0.4, 0.5) is 4.39 Å². The molecule has 0 aliphatic carbocycles. The standard InChI is InChI=1S/C13H14FNO3/c14-11-6-2-1-5-10(11)12(16)15-7-3-4-9(8-15)13(17)18/h1-2,5-6,9H,3-4,7-8H2,(H,17,18). The summed E-state index contributed by atoms with van der Waals surface area (Å²) in [7, 11) is 0. The Kier molecular flexibility index (Phi) is 3.60. The number of aliphatic carboxylic acids is 1. The van der Waals surface area contributed by atoms with Gasteiger partial charge in [-0.3, -0.25) is 9.59 Å². The van der Waals surface area contributed by atoms with Gasteiger partial charge in [-0.15, -0.1) is 0 Å². The van der Waals surface area contributed by atoms with Crippen LogP contribution in [0.2, 0.25) is 0 Å². The summed E-state index contributed by atoms with van der Waals surface area (Å²) in [6.45, 7) is 0.638. The molecule has 0 radical (unpaired) electrons. The van der Waals surface area contributed by atoms with Gasteiger partial charge in [0.25, 0.3) is 5.91 Å². The molecule has 1 N–H and O–H groups in total. The van der Waals surface area contributed by atoms with Gasteiger partial charge in [-0.25, -0.2) is 4.39 Å². The summed E-state index contributed by atoms with van der Waals surface area (Å²) in [5.41, 5.74) is 0.00328. The summed E-state index contributed by atoms with van der Waals surface area (Å²) in [6, 6.07) is 5.76. The van der Waals surface area contributed by atoms with Crippen molar-refractivity contribution in [3.05, 3.63) is 35.6 Å². The molecule has 1 heterocycles. The van der Waals surface area contributed by atoms with Crippen LogP contribution in [-0.2, 0) is 4.79 Å². The fourth-order valence-electron chi connectivity index (χ4n) is 2.17. The predicted octanol–water partition coefficient (Wildman–Crippen LogP) is 1.76. The fraction of sp³-hybridized carbons (Fsp3) is 0.385.